The largest absolute Gasteiger partial charge is 0.494 e. The summed E-state index contributed by atoms with van der Waals surface area (Å²) in [6, 6.07) is 7.54. The third kappa shape index (κ3) is 2.98. The number of hydrogen-bond acceptors (Lipinski definition) is 2. The van der Waals surface area contributed by atoms with E-state index in [-0.39, 0.29) is 11.8 Å². The van der Waals surface area contributed by atoms with Gasteiger partial charge in [0.25, 0.3) is 0 Å². The molecule has 0 spiro atoms. The van der Waals surface area contributed by atoms with Crippen molar-refractivity contribution < 1.29 is 9.53 Å². The maximum atomic E-state index is 11.2. The van der Waals surface area contributed by atoms with Gasteiger partial charge in [-0.25, -0.2) is 0 Å². The Labute approximate surface area is 90.2 Å². The number of primary amides is 1. The van der Waals surface area contributed by atoms with Crippen molar-refractivity contribution in [2.75, 3.05) is 6.61 Å². The van der Waals surface area contributed by atoms with Gasteiger partial charge >= 0.3 is 0 Å². The summed E-state index contributed by atoms with van der Waals surface area (Å²) in [6.07, 6.45) is 0.713. The Morgan fingerprint density at radius 2 is 2.20 bits per heavy atom. The normalized spacial score (nSPS) is 12.1. The quantitative estimate of drug-likeness (QED) is 0.803. The molecule has 0 aliphatic rings. The van der Waals surface area contributed by atoms with E-state index in [9.17, 15) is 4.79 Å². The zero-order valence-electron chi connectivity index (χ0n) is 9.19. The lowest BCUT2D eigenvalue weighted by Gasteiger charge is -2.12. The van der Waals surface area contributed by atoms with Crippen LogP contribution in [-0.4, -0.2) is 12.5 Å². The fourth-order valence-electron chi connectivity index (χ4n) is 1.59. The number of carbonyl (C=O) groups excluding carboxylic acids is 1. The Kier molecular flexibility index (Phi) is 4.16. The zero-order chi connectivity index (χ0) is 11.3. The van der Waals surface area contributed by atoms with Crippen LogP contribution in [0.25, 0.3) is 0 Å². The average molecular weight is 207 g/mol. The molecule has 0 aromatic heterocycles. The maximum Gasteiger partial charge on any atom is 0.224 e. The number of amides is 1. The van der Waals surface area contributed by atoms with Crippen LogP contribution in [0, 0.1) is 0 Å². The van der Waals surface area contributed by atoms with Crippen LogP contribution in [0.4, 0.5) is 0 Å². The van der Waals surface area contributed by atoms with Gasteiger partial charge in [0.15, 0.2) is 0 Å². The molecule has 0 aliphatic carbocycles. The Morgan fingerprint density at radius 1 is 1.47 bits per heavy atom. The van der Waals surface area contributed by atoms with E-state index in [4.69, 9.17) is 10.5 Å². The van der Waals surface area contributed by atoms with Crippen LogP contribution in [-0.2, 0) is 4.79 Å². The van der Waals surface area contributed by atoms with Crippen LogP contribution in [0.5, 0.6) is 5.75 Å². The molecule has 1 rings (SSSR count). The minimum atomic E-state index is -0.286. The second-order valence-electron chi connectivity index (χ2n) is 3.37. The topological polar surface area (TPSA) is 52.3 Å². The first-order valence-electron chi connectivity index (χ1n) is 5.21. The molecule has 0 fully saturated rings. The molecule has 82 valence electrons. The molecule has 0 bridgehead atoms. The van der Waals surface area contributed by atoms with Gasteiger partial charge in [-0.05, 0) is 31.0 Å². The van der Waals surface area contributed by atoms with Crippen molar-refractivity contribution in [1.29, 1.82) is 0 Å². The van der Waals surface area contributed by atoms with Gasteiger partial charge in [0.05, 0.1) is 12.5 Å². The van der Waals surface area contributed by atoms with E-state index in [1.54, 1.807) is 0 Å². The molecular formula is C12H17NO2. The van der Waals surface area contributed by atoms with E-state index in [2.05, 4.69) is 0 Å². The number of nitrogens with two attached hydrogens (primary N) is 1. The van der Waals surface area contributed by atoms with Crippen LogP contribution in [0.3, 0.4) is 0 Å². The van der Waals surface area contributed by atoms with Crippen molar-refractivity contribution in [2.45, 2.75) is 26.2 Å². The lowest BCUT2D eigenvalue weighted by molar-refractivity contribution is -0.119. The molecule has 0 saturated heterocycles. The fraction of sp³-hybridized carbons (Fsp3) is 0.417. The Bertz CT molecular complexity index is 336. The highest BCUT2D eigenvalue weighted by Gasteiger charge is 2.15. The number of ether oxygens (including phenoxy) is 1. The van der Waals surface area contributed by atoms with Crippen LogP contribution >= 0.6 is 0 Å². The first-order valence-corrected chi connectivity index (χ1v) is 5.21. The molecule has 1 aromatic rings. The summed E-state index contributed by atoms with van der Waals surface area (Å²) in [5.74, 6) is 0.284. The highest BCUT2D eigenvalue weighted by atomic mass is 16.5. The van der Waals surface area contributed by atoms with Gasteiger partial charge in [0.2, 0.25) is 5.91 Å². The first-order chi connectivity index (χ1) is 7.19. The van der Waals surface area contributed by atoms with E-state index in [0.717, 1.165) is 11.3 Å². The molecule has 3 nitrogen and oxygen atoms in total. The van der Waals surface area contributed by atoms with E-state index in [1.165, 1.54) is 0 Å². The second kappa shape index (κ2) is 5.39. The van der Waals surface area contributed by atoms with Crippen molar-refractivity contribution in [3.05, 3.63) is 29.8 Å². The standard InChI is InChI=1S/C12H17NO2/c1-3-11(12(13)14)9-6-5-7-10(8-9)15-4-2/h5-8,11H,3-4H2,1-2H3,(H2,13,14). The van der Waals surface area contributed by atoms with E-state index in [0.29, 0.717) is 13.0 Å². The SMILES string of the molecule is CCOc1cccc(C(CC)C(N)=O)c1. The number of hydrogen-bond donors (Lipinski definition) is 1. The van der Waals surface area contributed by atoms with Gasteiger partial charge in [-0.2, -0.15) is 0 Å². The summed E-state index contributed by atoms with van der Waals surface area (Å²) in [4.78, 5) is 11.2. The van der Waals surface area contributed by atoms with Gasteiger partial charge in [0.1, 0.15) is 5.75 Å². The highest BCUT2D eigenvalue weighted by Crippen LogP contribution is 2.23. The predicted octanol–water partition coefficient (Wildman–Crippen LogP) is 2.06. The molecule has 1 unspecified atom stereocenters. The fourth-order valence-corrected chi connectivity index (χ4v) is 1.59. The summed E-state index contributed by atoms with van der Waals surface area (Å²) < 4.78 is 5.37. The molecule has 1 atom stereocenters. The smallest absolute Gasteiger partial charge is 0.224 e. The lowest BCUT2D eigenvalue weighted by Crippen LogP contribution is -2.20. The van der Waals surface area contributed by atoms with Crippen molar-refractivity contribution >= 4 is 5.91 Å². The number of carbonyl (C=O) groups is 1. The minimum Gasteiger partial charge on any atom is -0.494 e. The molecule has 15 heavy (non-hydrogen) atoms. The molecule has 0 saturated carbocycles. The number of rotatable bonds is 5. The average Bonchev–Trinajstić information content (AvgIpc) is 2.19. The van der Waals surface area contributed by atoms with Crippen molar-refractivity contribution in [2.24, 2.45) is 5.73 Å². The number of benzene rings is 1. The highest BCUT2D eigenvalue weighted by molar-refractivity contribution is 5.81. The summed E-state index contributed by atoms with van der Waals surface area (Å²) >= 11 is 0. The van der Waals surface area contributed by atoms with E-state index < -0.39 is 0 Å². The molecule has 1 amide bonds. The predicted molar refractivity (Wildman–Crippen MR) is 59.8 cm³/mol. The van der Waals surface area contributed by atoms with Gasteiger partial charge in [0, 0.05) is 0 Å². The monoisotopic (exact) mass is 207 g/mol. The summed E-state index contributed by atoms with van der Waals surface area (Å²) in [6.45, 7) is 4.50. The summed E-state index contributed by atoms with van der Waals surface area (Å²) in [7, 11) is 0. The zero-order valence-corrected chi connectivity index (χ0v) is 9.19. The molecule has 2 N–H and O–H groups in total. The van der Waals surface area contributed by atoms with E-state index in [1.807, 2.05) is 38.1 Å². The third-order valence-electron chi connectivity index (χ3n) is 2.32. The van der Waals surface area contributed by atoms with Crippen LogP contribution in [0.2, 0.25) is 0 Å². The van der Waals surface area contributed by atoms with Gasteiger partial charge in [-0.15, -0.1) is 0 Å². The molecule has 0 radical (unpaired) electrons. The van der Waals surface area contributed by atoms with Crippen molar-refractivity contribution in [3.63, 3.8) is 0 Å². The third-order valence-corrected chi connectivity index (χ3v) is 2.32. The summed E-state index contributed by atoms with van der Waals surface area (Å²) in [5, 5.41) is 0. The molecular weight excluding hydrogens is 190 g/mol. The molecule has 1 aromatic carbocycles. The van der Waals surface area contributed by atoms with Gasteiger partial charge in [-0.3, -0.25) is 4.79 Å². The lowest BCUT2D eigenvalue weighted by atomic mass is 9.96. The van der Waals surface area contributed by atoms with E-state index >= 15 is 0 Å². The Morgan fingerprint density at radius 3 is 2.73 bits per heavy atom. The van der Waals surface area contributed by atoms with Crippen molar-refractivity contribution in [3.8, 4) is 5.75 Å². The minimum absolute atomic E-state index is 0.217. The Hall–Kier alpha value is -1.51. The summed E-state index contributed by atoms with van der Waals surface area (Å²) in [5.41, 5.74) is 6.25. The molecule has 0 heterocycles. The molecule has 3 heteroatoms. The van der Waals surface area contributed by atoms with Crippen molar-refractivity contribution in [1.82, 2.24) is 0 Å². The Balaban J connectivity index is 2.92. The second-order valence-corrected chi connectivity index (χ2v) is 3.37. The maximum absolute atomic E-state index is 11.2. The van der Waals surface area contributed by atoms with Crippen LogP contribution in [0.15, 0.2) is 24.3 Å². The van der Waals surface area contributed by atoms with Crippen LogP contribution in [0.1, 0.15) is 31.7 Å². The van der Waals surface area contributed by atoms with Gasteiger partial charge in [-0.1, -0.05) is 19.1 Å². The van der Waals surface area contributed by atoms with Crippen LogP contribution < -0.4 is 10.5 Å². The first kappa shape index (κ1) is 11.6. The molecule has 0 aliphatic heterocycles. The van der Waals surface area contributed by atoms with Gasteiger partial charge < -0.3 is 10.5 Å².